The molecule has 1 nitrogen and oxygen atoms in total. The van der Waals surface area contributed by atoms with E-state index in [0.717, 1.165) is 24.2 Å². The average molecular weight is 202 g/mol. The van der Waals surface area contributed by atoms with Crippen LogP contribution in [-0.2, 0) is 0 Å². The Morgan fingerprint density at radius 3 is 2.67 bits per heavy atom. The van der Waals surface area contributed by atoms with Crippen molar-refractivity contribution in [2.45, 2.75) is 39.7 Å². The van der Waals surface area contributed by atoms with Crippen LogP contribution >= 0.6 is 0 Å². The Bertz CT molecular complexity index is 357. The zero-order valence-corrected chi connectivity index (χ0v) is 9.71. The molecule has 0 amide bonds. The van der Waals surface area contributed by atoms with E-state index in [4.69, 9.17) is 4.74 Å². The normalized spacial score (nSPS) is 11.4. The lowest BCUT2D eigenvalue weighted by Gasteiger charge is -2.13. The predicted octanol–water partition coefficient (Wildman–Crippen LogP) is 3.63. The Kier molecular flexibility index (Phi) is 4.77. The maximum absolute atomic E-state index is 5.79. The molecule has 0 spiro atoms. The smallest absolute Gasteiger partial charge is 0.135 e. The number of para-hydroxylation sites is 1. The van der Waals surface area contributed by atoms with Gasteiger partial charge in [-0.05, 0) is 25.5 Å². The summed E-state index contributed by atoms with van der Waals surface area (Å²) in [5.41, 5.74) is 0.986. The van der Waals surface area contributed by atoms with Gasteiger partial charge in [-0.1, -0.05) is 37.8 Å². The Morgan fingerprint density at radius 2 is 2.00 bits per heavy atom. The molecule has 0 N–H and O–H groups in total. The Morgan fingerprint density at radius 1 is 1.27 bits per heavy atom. The van der Waals surface area contributed by atoms with Gasteiger partial charge >= 0.3 is 0 Å². The number of hydrogen-bond acceptors (Lipinski definition) is 1. The number of ether oxygens (including phenoxy) is 1. The highest BCUT2D eigenvalue weighted by molar-refractivity contribution is 5.45. The van der Waals surface area contributed by atoms with Crippen molar-refractivity contribution in [1.82, 2.24) is 0 Å². The zero-order chi connectivity index (χ0) is 11.1. The lowest BCUT2D eigenvalue weighted by molar-refractivity contribution is 0.217. The molecule has 0 saturated heterocycles. The van der Waals surface area contributed by atoms with Crippen LogP contribution < -0.4 is 4.74 Å². The molecule has 0 aliphatic rings. The topological polar surface area (TPSA) is 9.23 Å². The minimum atomic E-state index is 0.245. The molecule has 0 heterocycles. The fraction of sp³-hybridized carbons (Fsp3) is 0.429. The number of hydrogen-bond donors (Lipinski definition) is 0. The third-order valence-electron chi connectivity index (χ3n) is 2.19. The van der Waals surface area contributed by atoms with Crippen molar-refractivity contribution in [3.8, 4) is 17.6 Å². The van der Waals surface area contributed by atoms with Crippen LogP contribution in [-0.4, -0.2) is 6.10 Å². The Hall–Kier alpha value is -1.42. The summed E-state index contributed by atoms with van der Waals surface area (Å²) in [6.07, 6.45) is 2.13. The Balaban J connectivity index is 2.86. The summed E-state index contributed by atoms with van der Waals surface area (Å²) >= 11 is 0. The van der Waals surface area contributed by atoms with Gasteiger partial charge in [0.25, 0.3) is 0 Å². The van der Waals surface area contributed by atoms with Gasteiger partial charge in [0.1, 0.15) is 5.75 Å². The van der Waals surface area contributed by atoms with E-state index in [0.29, 0.717) is 0 Å². The highest BCUT2D eigenvalue weighted by Gasteiger charge is 2.03. The van der Waals surface area contributed by atoms with Crippen molar-refractivity contribution in [3.05, 3.63) is 29.8 Å². The van der Waals surface area contributed by atoms with E-state index in [1.165, 1.54) is 0 Å². The van der Waals surface area contributed by atoms with Gasteiger partial charge in [0.15, 0.2) is 0 Å². The minimum Gasteiger partial charge on any atom is -0.489 e. The molecule has 0 aliphatic heterocycles. The summed E-state index contributed by atoms with van der Waals surface area (Å²) in [5, 5.41) is 0. The molecule has 0 bridgehead atoms. The van der Waals surface area contributed by atoms with E-state index in [1.54, 1.807) is 0 Å². The van der Waals surface area contributed by atoms with Gasteiger partial charge in [-0.2, -0.15) is 0 Å². The van der Waals surface area contributed by atoms with Crippen molar-refractivity contribution in [1.29, 1.82) is 0 Å². The SMILES string of the molecule is CCC#Cc1ccccc1OC(C)CC. The van der Waals surface area contributed by atoms with Crippen LogP contribution in [0.3, 0.4) is 0 Å². The third kappa shape index (κ3) is 3.67. The van der Waals surface area contributed by atoms with E-state index < -0.39 is 0 Å². The van der Waals surface area contributed by atoms with Crippen molar-refractivity contribution in [3.63, 3.8) is 0 Å². The van der Waals surface area contributed by atoms with Gasteiger partial charge in [-0.15, -0.1) is 0 Å². The van der Waals surface area contributed by atoms with E-state index in [-0.39, 0.29) is 6.10 Å². The fourth-order valence-corrected chi connectivity index (χ4v) is 1.16. The molecular formula is C14H18O. The van der Waals surface area contributed by atoms with Crippen molar-refractivity contribution >= 4 is 0 Å². The van der Waals surface area contributed by atoms with Gasteiger partial charge in [0.2, 0.25) is 0 Å². The molecule has 0 aliphatic carbocycles. The predicted molar refractivity (Wildman–Crippen MR) is 64.0 cm³/mol. The number of rotatable bonds is 3. The van der Waals surface area contributed by atoms with E-state index >= 15 is 0 Å². The van der Waals surface area contributed by atoms with Gasteiger partial charge in [-0.3, -0.25) is 0 Å². The molecule has 0 saturated carbocycles. The highest BCUT2D eigenvalue weighted by atomic mass is 16.5. The summed E-state index contributed by atoms with van der Waals surface area (Å²) in [7, 11) is 0. The van der Waals surface area contributed by atoms with Crippen molar-refractivity contribution in [2.24, 2.45) is 0 Å². The maximum Gasteiger partial charge on any atom is 0.135 e. The van der Waals surface area contributed by atoms with Gasteiger partial charge in [0.05, 0.1) is 11.7 Å². The molecule has 1 aromatic carbocycles. The largest absolute Gasteiger partial charge is 0.489 e. The van der Waals surface area contributed by atoms with E-state index in [2.05, 4.69) is 25.7 Å². The average Bonchev–Trinajstić information content (AvgIpc) is 2.28. The first-order valence-corrected chi connectivity index (χ1v) is 5.52. The fourth-order valence-electron chi connectivity index (χ4n) is 1.16. The molecule has 1 unspecified atom stereocenters. The molecular weight excluding hydrogens is 184 g/mol. The summed E-state index contributed by atoms with van der Waals surface area (Å²) < 4.78 is 5.79. The van der Waals surface area contributed by atoms with Crippen LogP contribution in [0.1, 0.15) is 39.2 Å². The summed E-state index contributed by atoms with van der Waals surface area (Å²) in [5.74, 6) is 7.08. The second-order valence-electron chi connectivity index (χ2n) is 3.49. The van der Waals surface area contributed by atoms with E-state index in [1.807, 2.05) is 31.2 Å². The highest BCUT2D eigenvalue weighted by Crippen LogP contribution is 2.18. The monoisotopic (exact) mass is 202 g/mol. The molecule has 0 radical (unpaired) electrons. The van der Waals surface area contributed by atoms with Crippen LogP contribution in [0.2, 0.25) is 0 Å². The summed E-state index contributed by atoms with van der Waals surface area (Å²) in [4.78, 5) is 0. The van der Waals surface area contributed by atoms with Crippen LogP contribution in [0.25, 0.3) is 0 Å². The van der Waals surface area contributed by atoms with E-state index in [9.17, 15) is 0 Å². The zero-order valence-electron chi connectivity index (χ0n) is 9.71. The summed E-state index contributed by atoms with van der Waals surface area (Å²) in [6, 6.07) is 7.95. The molecule has 1 rings (SSSR count). The first kappa shape index (κ1) is 11.7. The molecule has 1 aromatic rings. The molecule has 80 valence electrons. The minimum absolute atomic E-state index is 0.245. The van der Waals surface area contributed by atoms with Crippen LogP contribution in [0.4, 0.5) is 0 Å². The second-order valence-corrected chi connectivity index (χ2v) is 3.49. The van der Waals surface area contributed by atoms with Crippen molar-refractivity contribution in [2.75, 3.05) is 0 Å². The van der Waals surface area contributed by atoms with Gasteiger partial charge < -0.3 is 4.74 Å². The van der Waals surface area contributed by atoms with Crippen LogP contribution in [0, 0.1) is 11.8 Å². The standard InChI is InChI=1S/C14H18O/c1-4-6-9-13-10-7-8-11-14(13)15-12(3)5-2/h7-8,10-12H,4-5H2,1-3H3. The number of benzene rings is 1. The molecule has 1 atom stereocenters. The molecule has 0 fully saturated rings. The quantitative estimate of drug-likeness (QED) is 0.680. The molecule has 15 heavy (non-hydrogen) atoms. The second kappa shape index (κ2) is 6.14. The Labute approximate surface area is 92.5 Å². The first-order chi connectivity index (χ1) is 7.27. The van der Waals surface area contributed by atoms with Crippen molar-refractivity contribution < 1.29 is 4.74 Å². The lowest BCUT2D eigenvalue weighted by atomic mass is 10.2. The van der Waals surface area contributed by atoms with Crippen LogP contribution in [0.15, 0.2) is 24.3 Å². The first-order valence-electron chi connectivity index (χ1n) is 5.52. The van der Waals surface area contributed by atoms with Gasteiger partial charge in [0, 0.05) is 6.42 Å². The van der Waals surface area contributed by atoms with Crippen LogP contribution in [0.5, 0.6) is 5.75 Å². The molecule has 1 heteroatoms. The van der Waals surface area contributed by atoms with Gasteiger partial charge in [-0.25, -0.2) is 0 Å². The lowest BCUT2D eigenvalue weighted by Crippen LogP contribution is -2.10. The third-order valence-corrected chi connectivity index (χ3v) is 2.19. The summed E-state index contributed by atoms with van der Waals surface area (Å²) in [6.45, 7) is 6.24. The maximum atomic E-state index is 5.79. The molecule has 0 aromatic heterocycles.